The van der Waals surface area contributed by atoms with E-state index in [1.165, 1.54) is 24.3 Å². The molecule has 0 aromatic heterocycles. The van der Waals surface area contributed by atoms with Gasteiger partial charge in [0.05, 0.1) is 5.56 Å². The summed E-state index contributed by atoms with van der Waals surface area (Å²) < 4.78 is 0. The smallest absolute Gasteiger partial charge is 0.266 e. The molecule has 1 aromatic carbocycles. The molecule has 0 saturated heterocycles. The molecule has 0 fully saturated rings. The van der Waals surface area contributed by atoms with Crippen molar-refractivity contribution in [2.24, 2.45) is 15.0 Å². The highest BCUT2D eigenvalue weighted by Crippen LogP contribution is 2.34. The fourth-order valence-electron chi connectivity index (χ4n) is 1.30. The zero-order valence-corrected chi connectivity index (χ0v) is 9.13. The predicted molar refractivity (Wildman–Crippen MR) is 59.2 cm³/mol. The van der Waals surface area contributed by atoms with E-state index in [0.717, 1.165) is 6.08 Å². The molecule has 0 aliphatic rings. The first-order valence-corrected chi connectivity index (χ1v) is 4.57. The van der Waals surface area contributed by atoms with Crippen molar-refractivity contribution in [2.45, 2.75) is 6.92 Å². The second-order valence-electron chi connectivity index (χ2n) is 3.04. The van der Waals surface area contributed by atoms with Crippen LogP contribution < -0.4 is 0 Å². The largest absolute Gasteiger partial charge is 0.290 e. The van der Waals surface area contributed by atoms with Gasteiger partial charge in [0.2, 0.25) is 18.2 Å². The molecule has 7 nitrogen and oxygen atoms in total. The number of carbonyl (C=O) groups is 1. The second kappa shape index (κ2) is 5.94. The molecule has 0 aliphatic carbocycles. The fraction of sp³-hybridized carbons (Fsp3) is 0.0909. The van der Waals surface area contributed by atoms with Crippen LogP contribution in [0.5, 0.6) is 0 Å². The van der Waals surface area contributed by atoms with Gasteiger partial charge in [0.15, 0.2) is 0 Å². The number of aliphatic imine (C=N–C) groups is 3. The molecule has 88 valence electrons. The highest BCUT2D eigenvalue weighted by Gasteiger charge is 2.16. The molecule has 0 bridgehead atoms. The molecule has 0 spiro atoms. The van der Waals surface area contributed by atoms with Gasteiger partial charge in [-0.2, -0.15) is 9.98 Å². The number of carbonyl (C=O) groups excluding carboxylic acids is 4. The van der Waals surface area contributed by atoms with E-state index in [2.05, 4.69) is 15.0 Å². The fourth-order valence-corrected chi connectivity index (χ4v) is 1.30. The zero-order chi connectivity index (χ0) is 13.5. The summed E-state index contributed by atoms with van der Waals surface area (Å²) in [5, 5.41) is 0. The van der Waals surface area contributed by atoms with Crippen molar-refractivity contribution in [3.05, 3.63) is 23.3 Å². The zero-order valence-electron chi connectivity index (χ0n) is 9.13. The molecule has 0 radical (unpaired) electrons. The van der Waals surface area contributed by atoms with E-state index in [0.29, 0.717) is 5.56 Å². The van der Waals surface area contributed by atoms with E-state index >= 15 is 0 Å². The lowest BCUT2D eigenvalue weighted by Gasteiger charge is -2.05. The van der Waals surface area contributed by atoms with Crippen LogP contribution >= 0.6 is 0 Å². The molecule has 7 heteroatoms. The first kappa shape index (κ1) is 13.1. The number of hydrogen-bond donors (Lipinski definition) is 0. The van der Waals surface area contributed by atoms with Crippen LogP contribution in [-0.4, -0.2) is 24.1 Å². The Balaban J connectivity index is 3.67. The van der Waals surface area contributed by atoms with Gasteiger partial charge >= 0.3 is 0 Å². The van der Waals surface area contributed by atoms with Crippen molar-refractivity contribution < 1.29 is 19.2 Å². The lowest BCUT2D eigenvalue weighted by atomic mass is 10.1. The highest BCUT2D eigenvalue weighted by molar-refractivity contribution is 6.04. The van der Waals surface area contributed by atoms with Gasteiger partial charge in [0.25, 0.3) is 5.91 Å². The summed E-state index contributed by atoms with van der Waals surface area (Å²) in [6.45, 7) is 1.59. The van der Waals surface area contributed by atoms with Crippen molar-refractivity contribution in [3.63, 3.8) is 0 Å². The minimum Gasteiger partial charge on any atom is -0.266 e. The third-order valence-electron chi connectivity index (χ3n) is 2.05. The van der Waals surface area contributed by atoms with Crippen LogP contribution in [0.3, 0.4) is 0 Å². The van der Waals surface area contributed by atoms with Crippen LogP contribution in [0.2, 0.25) is 0 Å². The molecule has 0 atom stereocenters. The summed E-state index contributed by atoms with van der Waals surface area (Å²) in [4.78, 5) is 51.6. The number of benzene rings is 1. The summed E-state index contributed by atoms with van der Waals surface area (Å²) in [6.07, 6.45) is 3.61. The topological polar surface area (TPSA) is 105 Å². The summed E-state index contributed by atoms with van der Waals surface area (Å²) in [5.74, 6) is -0.943. The molecular formula is C11H5N3O4. The molecule has 0 N–H and O–H groups in total. The second-order valence-corrected chi connectivity index (χ2v) is 3.04. The number of rotatable bonds is 3. The molecule has 1 rings (SSSR count). The standard InChI is InChI=1S/C11H5N3O4/c1-7-2-3-8(11(18)14-6-17)10(13-5-16)9(7)12-4-15/h2-3H,1H3. The molecule has 0 saturated carbocycles. The maximum Gasteiger partial charge on any atom is 0.290 e. The highest BCUT2D eigenvalue weighted by atomic mass is 16.2. The Hall–Kier alpha value is -2.97. The van der Waals surface area contributed by atoms with Crippen LogP contribution in [-0.2, 0) is 14.4 Å². The normalized spacial score (nSPS) is 8.50. The van der Waals surface area contributed by atoms with E-state index < -0.39 is 5.91 Å². The van der Waals surface area contributed by atoms with Crippen LogP contribution in [0.1, 0.15) is 15.9 Å². The third kappa shape index (κ3) is 2.58. The first-order valence-electron chi connectivity index (χ1n) is 4.57. The van der Waals surface area contributed by atoms with Crippen LogP contribution in [0.25, 0.3) is 0 Å². The molecular weight excluding hydrogens is 238 g/mol. The van der Waals surface area contributed by atoms with Crippen LogP contribution in [0.15, 0.2) is 27.1 Å². The Morgan fingerprint density at radius 1 is 1.00 bits per heavy atom. The van der Waals surface area contributed by atoms with Crippen LogP contribution in [0.4, 0.5) is 11.4 Å². The maximum absolute atomic E-state index is 11.4. The summed E-state index contributed by atoms with van der Waals surface area (Å²) in [7, 11) is 0. The van der Waals surface area contributed by atoms with Gasteiger partial charge in [-0.3, -0.25) is 4.79 Å². The van der Waals surface area contributed by atoms with Gasteiger partial charge in [-0.05, 0) is 18.6 Å². The number of nitrogens with zero attached hydrogens (tertiary/aromatic N) is 3. The van der Waals surface area contributed by atoms with Crippen molar-refractivity contribution in [2.75, 3.05) is 0 Å². The molecule has 1 aromatic rings. The molecule has 1 amide bonds. The maximum atomic E-state index is 11.4. The Morgan fingerprint density at radius 3 is 2.17 bits per heavy atom. The quantitative estimate of drug-likeness (QED) is 0.590. The van der Waals surface area contributed by atoms with Gasteiger partial charge in [-0.25, -0.2) is 14.4 Å². The first-order chi connectivity index (χ1) is 8.65. The third-order valence-corrected chi connectivity index (χ3v) is 2.05. The number of hydrogen-bond acceptors (Lipinski definition) is 6. The minimum atomic E-state index is -0.943. The van der Waals surface area contributed by atoms with E-state index in [4.69, 9.17) is 0 Å². The predicted octanol–water partition coefficient (Wildman–Crippen LogP) is 1.41. The Labute approximate surface area is 101 Å². The number of aryl methyl sites for hydroxylation is 1. The SMILES string of the molecule is Cc1ccc(C(=O)N=C=O)c(N=C=O)c1N=C=O. The van der Waals surface area contributed by atoms with Gasteiger partial charge < -0.3 is 0 Å². The summed E-state index contributed by atoms with van der Waals surface area (Å²) in [5.41, 5.74) is 0.165. The van der Waals surface area contributed by atoms with E-state index in [1.54, 1.807) is 6.92 Å². The Morgan fingerprint density at radius 2 is 1.61 bits per heavy atom. The lowest BCUT2D eigenvalue weighted by Crippen LogP contribution is -1.96. The molecule has 0 aliphatic heterocycles. The van der Waals surface area contributed by atoms with Gasteiger partial charge in [-0.15, -0.1) is 4.99 Å². The summed E-state index contributed by atoms with van der Waals surface area (Å²) in [6, 6.07) is 2.77. The summed E-state index contributed by atoms with van der Waals surface area (Å²) >= 11 is 0. The molecule has 0 unspecified atom stereocenters. The molecule has 18 heavy (non-hydrogen) atoms. The molecule has 0 heterocycles. The Bertz CT molecular complexity index is 646. The van der Waals surface area contributed by atoms with Crippen molar-refractivity contribution in [1.29, 1.82) is 0 Å². The monoisotopic (exact) mass is 243 g/mol. The van der Waals surface area contributed by atoms with E-state index in [9.17, 15) is 19.2 Å². The Kier molecular flexibility index (Phi) is 4.32. The lowest BCUT2D eigenvalue weighted by molar-refractivity contribution is 0.100. The van der Waals surface area contributed by atoms with Gasteiger partial charge in [0.1, 0.15) is 11.4 Å². The van der Waals surface area contributed by atoms with Crippen LogP contribution in [0, 0.1) is 6.92 Å². The number of amides is 1. The van der Waals surface area contributed by atoms with Crippen molar-refractivity contribution in [1.82, 2.24) is 0 Å². The minimum absolute atomic E-state index is 0.000277. The van der Waals surface area contributed by atoms with E-state index in [-0.39, 0.29) is 16.9 Å². The average molecular weight is 243 g/mol. The van der Waals surface area contributed by atoms with Gasteiger partial charge in [0, 0.05) is 0 Å². The number of isocyanates is 3. The van der Waals surface area contributed by atoms with Gasteiger partial charge in [-0.1, -0.05) is 6.07 Å². The average Bonchev–Trinajstić information content (AvgIpc) is 2.34. The van der Waals surface area contributed by atoms with Crippen molar-refractivity contribution in [3.8, 4) is 0 Å². The van der Waals surface area contributed by atoms with Crippen molar-refractivity contribution >= 4 is 35.5 Å². The van der Waals surface area contributed by atoms with E-state index in [1.807, 2.05) is 0 Å².